The topological polar surface area (TPSA) is 71.5 Å². The maximum absolute atomic E-state index is 10.7. The summed E-state index contributed by atoms with van der Waals surface area (Å²) in [5.41, 5.74) is 1.00. The second-order valence-electron chi connectivity index (χ2n) is 3.83. The van der Waals surface area contributed by atoms with Crippen LogP contribution in [0.3, 0.4) is 0 Å². The standard InChI is InChI=1S/C11H14N2O3/c14-11(15)10-4-9(6-13-10)16-7-8-2-1-3-12-5-8/h1-3,5,9-10,13H,4,6-7H2,(H,14,15). The van der Waals surface area contributed by atoms with Crippen LogP contribution in [0.2, 0.25) is 0 Å². The fraction of sp³-hybridized carbons (Fsp3) is 0.455. The van der Waals surface area contributed by atoms with Crippen LogP contribution in [0.15, 0.2) is 24.5 Å². The van der Waals surface area contributed by atoms with Crippen LogP contribution in [0.1, 0.15) is 12.0 Å². The van der Waals surface area contributed by atoms with Gasteiger partial charge in [0.1, 0.15) is 6.04 Å². The molecule has 1 aromatic heterocycles. The second kappa shape index (κ2) is 5.05. The lowest BCUT2D eigenvalue weighted by atomic mass is 10.2. The molecule has 2 N–H and O–H groups in total. The quantitative estimate of drug-likeness (QED) is 0.772. The lowest BCUT2D eigenvalue weighted by Gasteiger charge is -2.10. The van der Waals surface area contributed by atoms with Gasteiger partial charge in [0, 0.05) is 25.4 Å². The lowest BCUT2D eigenvalue weighted by Crippen LogP contribution is -2.29. The number of carboxylic acid groups (broad SMARTS) is 1. The van der Waals surface area contributed by atoms with Crippen LogP contribution in [0.4, 0.5) is 0 Å². The van der Waals surface area contributed by atoms with Gasteiger partial charge < -0.3 is 15.2 Å². The minimum Gasteiger partial charge on any atom is -0.480 e. The predicted octanol–water partition coefficient (Wildman–Crippen LogP) is 0.413. The summed E-state index contributed by atoms with van der Waals surface area (Å²) >= 11 is 0. The van der Waals surface area contributed by atoms with E-state index in [0.717, 1.165) is 5.56 Å². The Kier molecular flexibility index (Phi) is 3.48. The second-order valence-corrected chi connectivity index (χ2v) is 3.83. The van der Waals surface area contributed by atoms with Crippen molar-refractivity contribution in [2.45, 2.75) is 25.2 Å². The van der Waals surface area contributed by atoms with Crippen LogP contribution in [-0.2, 0) is 16.1 Å². The van der Waals surface area contributed by atoms with Gasteiger partial charge in [-0.1, -0.05) is 6.07 Å². The zero-order valence-corrected chi connectivity index (χ0v) is 8.80. The van der Waals surface area contributed by atoms with Gasteiger partial charge in [0.05, 0.1) is 12.7 Å². The van der Waals surface area contributed by atoms with E-state index < -0.39 is 12.0 Å². The number of aromatic nitrogens is 1. The normalized spacial score (nSPS) is 24.5. The highest BCUT2D eigenvalue weighted by atomic mass is 16.5. The molecule has 0 amide bonds. The van der Waals surface area contributed by atoms with Gasteiger partial charge in [-0.2, -0.15) is 0 Å². The van der Waals surface area contributed by atoms with E-state index in [4.69, 9.17) is 9.84 Å². The smallest absolute Gasteiger partial charge is 0.320 e. The first kappa shape index (κ1) is 11.0. The number of nitrogens with one attached hydrogen (secondary N) is 1. The van der Waals surface area contributed by atoms with Gasteiger partial charge in [0.15, 0.2) is 0 Å². The predicted molar refractivity (Wildman–Crippen MR) is 56.9 cm³/mol. The summed E-state index contributed by atoms with van der Waals surface area (Å²) < 4.78 is 5.60. The monoisotopic (exact) mass is 222 g/mol. The van der Waals surface area contributed by atoms with Crippen molar-refractivity contribution in [1.82, 2.24) is 10.3 Å². The number of ether oxygens (including phenoxy) is 1. The van der Waals surface area contributed by atoms with Crippen LogP contribution >= 0.6 is 0 Å². The van der Waals surface area contributed by atoms with Crippen molar-refractivity contribution >= 4 is 5.97 Å². The Morgan fingerprint density at radius 1 is 1.69 bits per heavy atom. The molecule has 2 heterocycles. The van der Waals surface area contributed by atoms with Gasteiger partial charge in [-0.3, -0.25) is 9.78 Å². The molecule has 2 unspecified atom stereocenters. The lowest BCUT2D eigenvalue weighted by molar-refractivity contribution is -0.139. The van der Waals surface area contributed by atoms with Crippen LogP contribution in [0.5, 0.6) is 0 Å². The molecule has 1 saturated heterocycles. The highest BCUT2D eigenvalue weighted by molar-refractivity contribution is 5.73. The number of aliphatic carboxylic acids is 1. The molecule has 1 aliphatic heterocycles. The highest BCUT2D eigenvalue weighted by Crippen LogP contribution is 2.12. The molecule has 86 valence electrons. The molecule has 0 aromatic carbocycles. The molecule has 0 spiro atoms. The SMILES string of the molecule is O=C(O)C1CC(OCc2cccnc2)CN1. The zero-order valence-electron chi connectivity index (χ0n) is 8.80. The van der Waals surface area contributed by atoms with E-state index in [1.54, 1.807) is 12.4 Å². The van der Waals surface area contributed by atoms with Crippen molar-refractivity contribution in [2.24, 2.45) is 0 Å². The summed E-state index contributed by atoms with van der Waals surface area (Å²) in [7, 11) is 0. The molecule has 0 saturated carbocycles. The third kappa shape index (κ3) is 2.77. The molecule has 5 heteroatoms. The average Bonchev–Trinajstić information content (AvgIpc) is 2.76. The number of hydrogen-bond donors (Lipinski definition) is 2. The maximum Gasteiger partial charge on any atom is 0.320 e. The van der Waals surface area contributed by atoms with E-state index in [2.05, 4.69) is 10.3 Å². The Labute approximate surface area is 93.5 Å². The summed E-state index contributed by atoms with van der Waals surface area (Å²) in [6.07, 6.45) is 3.95. The minimum absolute atomic E-state index is 0.0266. The molecule has 2 atom stereocenters. The van der Waals surface area contributed by atoms with Gasteiger partial charge in [0.25, 0.3) is 0 Å². The number of rotatable bonds is 4. The van der Waals surface area contributed by atoms with Gasteiger partial charge in [-0.25, -0.2) is 0 Å². The van der Waals surface area contributed by atoms with E-state index in [-0.39, 0.29) is 6.10 Å². The molecule has 0 bridgehead atoms. The highest BCUT2D eigenvalue weighted by Gasteiger charge is 2.29. The Bertz CT molecular complexity index is 356. The molecule has 2 rings (SSSR count). The van der Waals surface area contributed by atoms with Gasteiger partial charge >= 0.3 is 5.97 Å². The fourth-order valence-electron chi connectivity index (χ4n) is 1.72. The van der Waals surface area contributed by atoms with Crippen molar-refractivity contribution in [3.63, 3.8) is 0 Å². The molecule has 0 radical (unpaired) electrons. The fourth-order valence-corrected chi connectivity index (χ4v) is 1.72. The molecule has 1 aromatic rings. The molecule has 5 nitrogen and oxygen atoms in total. The number of nitrogens with zero attached hydrogens (tertiary/aromatic N) is 1. The first-order valence-electron chi connectivity index (χ1n) is 5.22. The first-order valence-corrected chi connectivity index (χ1v) is 5.22. The maximum atomic E-state index is 10.7. The summed E-state index contributed by atoms with van der Waals surface area (Å²) in [5, 5.41) is 11.7. The van der Waals surface area contributed by atoms with E-state index in [0.29, 0.717) is 19.6 Å². The van der Waals surface area contributed by atoms with Crippen molar-refractivity contribution in [2.75, 3.05) is 6.54 Å². The number of hydrogen-bond acceptors (Lipinski definition) is 4. The molecule has 0 aliphatic carbocycles. The van der Waals surface area contributed by atoms with E-state index >= 15 is 0 Å². The Hall–Kier alpha value is -1.46. The summed E-state index contributed by atoms with van der Waals surface area (Å²) in [4.78, 5) is 14.7. The van der Waals surface area contributed by atoms with Gasteiger partial charge in [0.2, 0.25) is 0 Å². The minimum atomic E-state index is -0.813. The van der Waals surface area contributed by atoms with Crippen LogP contribution in [0.25, 0.3) is 0 Å². The van der Waals surface area contributed by atoms with Crippen molar-refractivity contribution in [1.29, 1.82) is 0 Å². The molecular formula is C11H14N2O3. The molecule has 16 heavy (non-hydrogen) atoms. The van der Waals surface area contributed by atoms with Gasteiger partial charge in [-0.15, -0.1) is 0 Å². The van der Waals surface area contributed by atoms with Crippen LogP contribution < -0.4 is 5.32 Å². The Morgan fingerprint density at radius 2 is 2.56 bits per heavy atom. The summed E-state index contributed by atoms with van der Waals surface area (Å²) in [6.45, 7) is 1.07. The molecule has 1 aliphatic rings. The average molecular weight is 222 g/mol. The third-order valence-corrected chi connectivity index (χ3v) is 2.60. The zero-order chi connectivity index (χ0) is 11.4. The third-order valence-electron chi connectivity index (χ3n) is 2.60. The number of pyridine rings is 1. The van der Waals surface area contributed by atoms with E-state index in [1.165, 1.54) is 0 Å². The summed E-state index contributed by atoms with van der Waals surface area (Å²) in [6, 6.07) is 3.31. The van der Waals surface area contributed by atoms with Crippen LogP contribution in [0, 0.1) is 0 Å². The van der Waals surface area contributed by atoms with Gasteiger partial charge in [-0.05, 0) is 11.6 Å². The molecular weight excluding hydrogens is 208 g/mol. The molecule has 1 fully saturated rings. The largest absolute Gasteiger partial charge is 0.480 e. The summed E-state index contributed by atoms with van der Waals surface area (Å²) in [5.74, 6) is -0.813. The van der Waals surface area contributed by atoms with Crippen molar-refractivity contribution in [3.05, 3.63) is 30.1 Å². The van der Waals surface area contributed by atoms with Crippen molar-refractivity contribution in [3.8, 4) is 0 Å². The Balaban J connectivity index is 1.78. The Morgan fingerprint density at radius 3 is 3.19 bits per heavy atom. The number of carbonyl (C=O) groups is 1. The van der Waals surface area contributed by atoms with E-state index in [1.807, 2.05) is 12.1 Å². The van der Waals surface area contributed by atoms with E-state index in [9.17, 15) is 4.79 Å². The van der Waals surface area contributed by atoms with Crippen LogP contribution in [-0.4, -0.2) is 34.8 Å². The first-order chi connectivity index (χ1) is 7.75. The van der Waals surface area contributed by atoms with Crippen molar-refractivity contribution < 1.29 is 14.6 Å². The number of carboxylic acids is 1.